The fourth-order valence-electron chi connectivity index (χ4n) is 4.28. The molecule has 0 saturated heterocycles. The number of hydrogen-bond donors (Lipinski definition) is 2. The summed E-state index contributed by atoms with van der Waals surface area (Å²) >= 11 is 0. The third kappa shape index (κ3) is 3.12. The maximum atomic E-state index is 4.88. The van der Waals surface area contributed by atoms with Gasteiger partial charge in [-0.25, -0.2) is 4.98 Å². The van der Waals surface area contributed by atoms with Crippen LogP contribution in [0.1, 0.15) is 32.3 Å². The van der Waals surface area contributed by atoms with Crippen molar-refractivity contribution in [3.8, 4) is 0 Å². The van der Waals surface area contributed by atoms with Gasteiger partial charge in [-0.05, 0) is 37.1 Å². The molecule has 0 radical (unpaired) electrons. The number of fused-ring (bicyclic) bond motifs is 4. The van der Waals surface area contributed by atoms with Crippen LogP contribution in [-0.4, -0.2) is 27.5 Å². The molecule has 2 aromatic carbocycles. The molecule has 0 spiro atoms. The smallest absolute Gasteiger partial charge is 0.229 e. The van der Waals surface area contributed by atoms with Crippen LogP contribution >= 0.6 is 0 Å². The second-order valence-electron chi connectivity index (χ2n) is 7.55. The van der Waals surface area contributed by atoms with Crippen molar-refractivity contribution in [3.63, 3.8) is 0 Å². The SMILES string of the molecule is CCC(CC)N1CC=Cc2cnc(Nc3ccc4[nH]c5ccccc5c4c3)nc21. The summed E-state index contributed by atoms with van der Waals surface area (Å²) in [7, 11) is 0. The van der Waals surface area contributed by atoms with Gasteiger partial charge in [0.05, 0.1) is 0 Å². The molecule has 0 saturated carbocycles. The first-order valence-corrected chi connectivity index (χ1v) is 10.3. The van der Waals surface area contributed by atoms with Crippen LogP contribution in [0.15, 0.2) is 54.7 Å². The first-order valence-electron chi connectivity index (χ1n) is 10.3. The molecule has 0 amide bonds. The van der Waals surface area contributed by atoms with Gasteiger partial charge in [0.15, 0.2) is 0 Å². The molecular formula is C24H25N5. The molecule has 0 unspecified atom stereocenters. The minimum atomic E-state index is 0.490. The van der Waals surface area contributed by atoms with Crippen molar-refractivity contribution in [2.45, 2.75) is 32.7 Å². The van der Waals surface area contributed by atoms with Gasteiger partial charge in [-0.15, -0.1) is 0 Å². The first-order chi connectivity index (χ1) is 14.3. The van der Waals surface area contributed by atoms with Crippen molar-refractivity contribution in [2.75, 3.05) is 16.8 Å². The minimum Gasteiger partial charge on any atom is -0.355 e. The second-order valence-corrected chi connectivity index (χ2v) is 7.55. The molecule has 1 aliphatic heterocycles. The molecule has 5 heteroatoms. The third-order valence-electron chi connectivity index (χ3n) is 5.81. The number of nitrogens with zero attached hydrogens (tertiary/aromatic N) is 3. The highest BCUT2D eigenvalue weighted by molar-refractivity contribution is 6.08. The quantitative estimate of drug-likeness (QED) is 0.452. The summed E-state index contributed by atoms with van der Waals surface area (Å²) in [6.07, 6.45) is 8.44. The van der Waals surface area contributed by atoms with Gasteiger partial charge >= 0.3 is 0 Å². The van der Waals surface area contributed by atoms with Crippen molar-refractivity contribution in [2.24, 2.45) is 0 Å². The fourth-order valence-corrected chi connectivity index (χ4v) is 4.28. The monoisotopic (exact) mass is 383 g/mol. The van der Waals surface area contributed by atoms with Crippen molar-refractivity contribution >= 4 is 45.3 Å². The Morgan fingerprint density at radius 2 is 1.90 bits per heavy atom. The molecule has 3 heterocycles. The first kappa shape index (κ1) is 17.7. The summed E-state index contributed by atoms with van der Waals surface area (Å²) in [4.78, 5) is 15.3. The van der Waals surface area contributed by atoms with Gasteiger partial charge in [0.1, 0.15) is 5.82 Å². The van der Waals surface area contributed by atoms with Crippen LogP contribution in [-0.2, 0) is 0 Å². The average molecular weight is 383 g/mol. The molecule has 0 atom stereocenters. The van der Waals surface area contributed by atoms with Gasteiger partial charge in [-0.1, -0.05) is 44.2 Å². The molecule has 146 valence electrons. The molecule has 5 nitrogen and oxygen atoms in total. The summed E-state index contributed by atoms with van der Waals surface area (Å²) in [5.74, 6) is 1.65. The van der Waals surface area contributed by atoms with Crippen molar-refractivity contribution in [1.29, 1.82) is 0 Å². The predicted molar refractivity (Wildman–Crippen MR) is 122 cm³/mol. The van der Waals surface area contributed by atoms with E-state index >= 15 is 0 Å². The van der Waals surface area contributed by atoms with E-state index in [-0.39, 0.29) is 0 Å². The van der Waals surface area contributed by atoms with Crippen LogP contribution in [0.4, 0.5) is 17.5 Å². The fraction of sp³-hybridized carbons (Fsp3) is 0.250. The van der Waals surface area contributed by atoms with Gasteiger partial charge in [-0.3, -0.25) is 0 Å². The number of para-hydroxylation sites is 1. The van der Waals surface area contributed by atoms with Crippen molar-refractivity contribution in [1.82, 2.24) is 15.0 Å². The predicted octanol–water partition coefficient (Wildman–Crippen LogP) is 5.88. The third-order valence-corrected chi connectivity index (χ3v) is 5.81. The summed E-state index contributed by atoms with van der Waals surface area (Å²) in [5, 5.41) is 5.83. The second kappa shape index (κ2) is 7.24. The minimum absolute atomic E-state index is 0.490. The Hall–Kier alpha value is -3.34. The van der Waals surface area contributed by atoms with Crippen LogP contribution in [0.5, 0.6) is 0 Å². The van der Waals surface area contributed by atoms with Crippen LogP contribution in [0.3, 0.4) is 0 Å². The average Bonchev–Trinajstić information content (AvgIpc) is 3.13. The maximum Gasteiger partial charge on any atom is 0.229 e. The molecule has 0 aliphatic carbocycles. The number of aromatic nitrogens is 3. The lowest BCUT2D eigenvalue weighted by Crippen LogP contribution is -2.37. The molecule has 2 N–H and O–H groups in total. The van der Waals surface area contributed by atoms with E-state index in [0.29, 0.717) is 12.0 Å². The Morgan fingerprint density at radius 3 is 2.76 bits per heavy atom. The van der Waals surface area contributed by atoms with Crippen LogP contribution in [0, 0.1) is 0 Å². The molecule has 0 fully saturated rings. The molecular weight excluding hydrogens is 358 g/mol. The van der Waals surface area contributed by atoms with Crippen LogP contribution in [0.2, 0.25) is 0 Å². The largest absolute Gasteiger partial charge is 0.355 e. The standard InChI is InChI=1S/C24H25N5/c1-3-18(4-2)29-13-7-8-16-15-25-24(28-23(16)29)26-17-11-12-22-20(14-17)19-9-5-6-10-21(19)27-22/h5-12,14-15,18,27H,3-4,13H2,1-2H3,(H,25,26,28). The number of anilines is 3. The summed E-state index contributed by atoms with van der Waals surface area (Å²) in [6, 6.07) is 15.2. The lowest BCUT2D eigenvalue weighted by atomic mass is 10.1. The van der Waals surface area contributed by atoms with E-state index in [9.17, 15) is 0 Å². The summed E-state index contributed by atoms with van der Waals surface area (Å²) in [5.41, 5.74) is 4.36. The highest BCUT2D eigenvalue weighted by Crippen LogP contribution is 2.31. The molecule has 2 aromatic heterocycles. The zero-order valence-corrected chi connectivity index (χ0v) is 16.8. The highest BCUT2D eigenvalue weighted by Gasteiger charge is 2.22. The van der Waals surface area contributed by atoms with Crippen molar-refractivity contribution in [3.05, 3.63) is 60.3 Å². The topological polar surface area (TPSA) is 56.8 Å². The van der Waals surface area contributed by atoms with E-state index in [0.717, 1.165) is 47.5 Å². The number of benzene rings is 2. The molecule has 4 aromatic rings. The van der Waals surface area contributed by atoms with E-state index in [1.807, 2.05) is 6.20 Å². The zero-order valence-electron chi connectivity index (χ0n) is 16.8. The molecule has 0 bridgehead atoms. The van der Waals surface area contributed by atoms with Gasteiger partial charge in [-0.2, -0.15) is 4.98 Å². The Balaban J connectivity index is 1.50. The van der Waals surface area contributed by atoms with Gasteiger partial charge in [0.2, 0.25) is 5.95 Å². The molecule has 1 aliphatic rings. The maximum absolute atomic E-state index is 4.88. The van der Waals surface area contributed by atoms with Gasteiger partial charge < -0.3 is 15.2 Å². The Bertz CT molecular complexity index is 1200. The van der Waals surface area contributed by atoms with Crippen LogP contribution < -0.4 is 10.2 Å². The van der Waals surface area contributed by atoms with E-state index in [4.69, 9.17) is 4.98 Å². The number of aromatic amines is 1. The lowest BCUT2D eigenvalue weighted by Gasteiger charge is -2.33. The van der Waals surface area contributed by atoms with E-state index < -0.39 is 0 Å². The summed E-state index contributed by atoms with van der Waals surface area (Å²) in [6.45, 7) is 5.38. The Morgan fingerprint density at radius 1 is 1.07 bits per heavy atom. The Labute approximate surface area is 170 Å². The van der Waals surface area contributed by atoms with E-state index in [1.165, 1.54) is 10.8 Å². The van der Waals surface area contributed by atoms with Crippen LogP contribution in [0.25, 0.3) is 27.9 Å². The van der Waals surface area contributed by atoms with Crippen molar-refractivity contribution < 1.29 is 0 Å². The highest BCUT2D eigenvalue weighted by atomic mass is 15.2. The summed E-state index contributed by atoms with van der Waals surface area (Å²) < 4.78 is 0. The number of H-pyrrole nitrogens is 1. The van der Waals surface area contributed by atoms with Gasteiger partial charge in [0, 0.05) is 51.8 Å². The number of nitrogens with one attached hydrogen (secondary N) is 2. The van der Waals surface area contributed by atoms with E-state index in [2.05, 4.69) is 88.6 Å². The van der Waals surface area contributed by atoms with Gasteiger partial charge in [0.25, 0.3) is 0 Å². The normalized spacial score (nSPS) is 13.4. The molecule has 29 heavy (non-hydrogen) atoms. The van der Waals surface area contributed by atoms with E-state index in [1.54, 1.807) is 0 Å². The number of rotatable bonds is 5. The molecule has 5 rings (SSSR count). The number of hydrogen-bond acceptors (Lipinski definition) is 4. The Kier molecular flexibility index (Phi) is 4.43. The zero-order chi connectivity index (χ0) is 19.8. The lowest BCUT2D eigenvalue weighted by molar-refractivity contribution is 0.569.